The van der Waals surface area contributed by atoms with Crippen LogP contribution >= 0.6 is 24.2 Å². The van der Waals surface area contributed by atoms with Crippen molar-refractivity contribution in [3.8, 4) is 5.75 Å². The van der Waals surface area contributed by atoms with Crippen LogP contribution in [-0.4, -0.2) is 42.5 Å². The molecule has 1 atom stereocenters. The summed E-state index contributed by atoms with van der Waals surface area (Å²) in [6, 6.07) is 7.35. The van der Waals surface area contributed by atoms with Gasteiger partial charge in [0.2, 0.25) is 5.91 Å². The minimum absolute atomic E-state index is 0. The molecule has 0 aliphatic heterocycles. The maximum Gasteiger partial charge on any atom is 0.239 e. The van der Waals surface area contributed by atoms with E-state index in [1.165, 1.54) is 0 Å². The molecule has 2 N–H and O–H groups in total. The third-order valence-electron chi connectivity index (χ3n) is 3.18. The number of benzene rings is 1. The van der Waals surface area contributed by atoms with Crippen molar-refractivity contribution in [2.75, 3.05) is 25.7 Å². The van der Waals surface area contributed by atoms with E-state index >= 15 is 0 Å². The largest absolute Gasteiger partial charge is 0.497 e. The van der Waals surface area contributed by atoms with Gasteiger partial charge in [0.05, 0.1) is 13.2 Å². The molecule has 0 saturated heterocycles. The van der Waals surface area contributed by atoms with Crippen molar-refractivity contribution >= 4 is 30.1 Å². The molecule has 1 aromatic carbocycles. The van der Waals surface area contributed by atoms with Gasteiger partial charge >= 0.3 is 0 Å². The molecule has 4 nitrogen and oxygen atoms in total. The maximum atomic E-state index is 12.3. The summed E-state index contributed by atoms with van der Waals surface area (Å²) in [5.41, 5.74) is 7.04. The average Bonchev–Trinajstić information content (AvgIpc) is 2.50. The van der Waals surface area contributed by atoms with Crippen LogP contribution in [0.25, 0.3) is 0 Å². The van der Waals surface area contributed by atoms with Gasteiger partial charge in [0.25, 0.3) is 0 Å². The predicted molar refractivity (Wildman–Crippen MR) is 92.3 cm³/mol. The zero-order valence-electron chi connectivity index (χ0n) is 12.9. The summed E-state index contributed by atoms with van der Waals surface area (Å²) in [6.45, 7) is 3.23. The van der Waals surface area contributed by atoms with E-state index in [0.717, 1.165) is 23.5 Å². The number of halogens is 1. The van der Waals surface area contributed by atoms with Crippen LogP contribution in [-0.2, 0) is 11.3 Å². The van der Waals surface area contributed by atoms with Gasteiger partial charge in [-0.3, -0.25) is 4.79 Å². The highest BCUT2D eigenvalue weighted by atomic mass is 35.5. The van der Waals surface area contributed by atoms with Gasteiger partial charge < -0.3 is 15.4 Å². The second-order valence-corrected chi connectivity index (χ2v) is 5.57. The smallest absolute Gasteiger partial charge is 0.239 e. The number of carbonyl (C=O) groups excluding carboxylic acids is 1. The van der Waals surface area contributed by atoms with E-state index in [4.69, 9.17) is 10.5 Å². The Morgan fingerprint density at radius 1 is 1.38 bits per heavy atom. The number of thioether (sulfide) groups is 1. The number of amides is 1. The third-order valence-corrected chi connectivity index (χ3v) is 3.82. The lowest BCUT2D eigenvalue weighted by Gasteiger charge is -2.24. The first-order valence-corrected chi connectivity index (χ1v) is 8.18. The van der Waals surface area contributed by atoms with Crippen LogP contribution in [0.15, 0.2) is 24.3 Å². The molecule has 0 aromatic heterocycles. The Balaban J connectivity index is 0.00000400. The van der Waals surface area contributed by atoms with Crippen molar-refractivity contribution < 1.29 is 9.53 Å². The number of hydrogen-bond acceptors (Lipinski definition) is 4. The molecule has 0 heterocycles. The lowest BCUT2D eigenvalue weighted by molar-refractivity contribution is -0.133. The summed E-state index contributed by atoms with van der Waals surface area (Å²) >= 11 is 1.71. The fourth-order valence-corrected chi connectivity index (χ4v) is 2.39. The zero-order valence-corrected chi connectivity index (χ0v) is 14.5. The molecular weight excluding hydrogens is 308 g/mol. The Hall–Kier alpha value is -0.910. The first-order valence-electron chi connectivity index (χ1n) is 6.78. The second-order valence-electron chi connectivity index (χ2n) is 4.59. The van der Waals surface area contributed by atoms with Crippen molar-refractivity contribution in [3.05, 3.63) is 29.8 Å². The minimum Gasteiger partial charge on any atom is -0.497 e. The van der Waals surface area contributed by atoms with Crippen molar-refractivity contribution in [3.63, 3.8) is 0 Å². The molecule has 1 rings (SSSR count). The molecule has 120 valence electrons. The number of methoxy groups -OCH3 is 1. The number of nitrogens with two attached hydrogens (primary N) is 1. The quantitative estimate of drug-likeness (QED) is 0.795. The minimum atomic E-state index is -0.402. The lowest BCUT2D eigenvalue weighted by atomic mass is 10.1. The summed E-state index contributed by atoms with van der Waals surface area (Å²) in [5.74, 6) is 1.75. The summed E-state index contributed by atoms with van der Waals surface area (Å²) in [4.78, 5) is 14.1. The van der Waals surface area contributed by atoms with Gasteiger partial charge in [-0.25, -0.2) is 0 Å². The van der Waals surface area contributed by atoms with Crippen molar-refractivity contribution in [2.45, 2.75) is 25.9 Å². The van der Waals surface area contributed by atoms with Crippen LogP contribution in [0.1, 0.15) is 18.9 Å². The standard InChI is InChI=1S/C15H24N2O2S.ClH/c1-4-17(15(18)14(16)9-10-20-3)11-12-5-7-13(19-2)8-6-12;/h5-8,14H,4,9-11,16H2,1-3H3;1H/t14-;/m0./s1. The molecule has 0 aliphatic carbocycles. The molecule has 6 heteroatoms. The Bertz CT molecular complexity index is 415. The molecule has 0 fully saturated rings. The first kappa shape index (κ1) is 20.1. The Morgan fingerprint density at radius 3 is 2.48 bits per heavy atom. The van der Waals surface area contributed by atoms with Gasteiger partial charge in [-0.2, -0.15) is 11.8 Å². The van der Waals surface area contributed by atoms with Crippen LogP contribution in [0.4, 0.5) is 0 Å². The van der Waals surface area contributed by atoms with E-state index in [0.29, 0.717) is 13.1 Å². The molecule has 0 bridgehead atoms. The Labute approximate surface area is 137 Å². The monoisotopic (exact) mass is 332 g/mol. The molecule has 0 saturated carbocycles. The van der Waals surface area contributed by atoms with Gasteiger partial charge in [0.1, 0.15) is 5.75 Å². The fraction of sp³-hybridized carbons (Fsp3) is 0.533. The highest BCUT2D eigenvalue weighted by Gasteiger charge is 2.19. The van der Waals surface area contributed by atoms with Crippen molar-refractivity contribution in [1.29, 1.82) is 0 Å². The summed E-state index contributed by atoms with van der Waals surface area (Å²) < 4.78 is 5.13. The first-order chi connectivity index (χ1) is 9.62. The van der Waals surface area contributed by atoms with Gasteiger partial charge in [-0.15, -0.1) is 12.4 Å². The van der Waals surface area contributed by atoms with Gasteiger partial charge in [-0.1, -0.05) is 12.1 Å². The molecule has 0 unspecified atom stereocenters. The maximum absolute atomic E-state index is 12.3. The molecule has 1 amide bonds. The molecule has 21 heavy (non-hydrogen) atoms. The predicted octanol–water partition coefficient (Wildman–Crippen LogP) is 2.55. The van der Waals surface area contributed by atoms with Crippen LogP contribution in [0.5, 0.6) is 5.75 Å². The number of rotatable bonds is 8. The number of ether oxygens (including phenoxy) is 1. The SMILES string of the molecule is CCN(Cc1ccc(OC)cc1)C(=O)[C@@H](N)CCSC.Cl. The highest BCUT2D eigenvalue weighted by Crippen LogP contribution is 2.14. The Kier molecular flexibility index (Phi) is 10.3. The number of carbonyl (C=O) groups is 1. The van der Waals surface area contributed by atoms with Gasteiger partial charge in [-0.05, 0) is 43.0 Å². The molecule has 0 aliphatic rings. The van der Waals surface area contributed by atoms with Crippen LogP contribution in [0.2, 0.25) is 0 Å². The molecule has 0 spiro atoms. The third kappa shape index (κ3) is 6.59. The van der Waals surface area contributed by atoms with E-state index in [1.54, 1.807) is 23.8 Å². The second kappa shape index (κ2) is 10.8. The highest BCUT2D eigenvalue weighted by molar-refractivity contribution is 7.98. The van der Waals surface area contributed by atoms with Gasteiger partial charge in [0, 0.05) is 13.1 Å². The van der Waals surface area contributed by atoms with Crippen molar-refractivity contribution in [2.24, 2.45) is 5.73 Å². The number of hydrogen-bond donors (Lipinski definition) is 1. The summed E-state index contributed by atoms with van der Waals surface area (Å²) in [6.07, 6.45) is 2.74. The number of likely N-dealkylation sites (N-methyl/N-ethyl adjacent to an activating group) is 1. The van der Waals surface area contributed by atoms with Crippen molar-refractivity contribution in [1.82, 2.24) is 4.90 Å². The zero-order chi connectivity index (χ0) is 15.0. The molecule has 0 radical (unpaired) electrons. The summed E-state index contributed by atoms with van der Waals surface area (Å²) in [5, 5.41) is 0. The van der Waals surface area contributed by atoms with Gasteiger partial charge in [0.15, 0.2) is 0 Å². The van der Waals surface area contributed by atoms with E-state index in [2.05, 4.69) is 0 Å². The normalized spacial score (nSPS) is 11.4. The van der Waals surface area contributed by atoms with E-state index in [1.807, 2.05) is 37.4 Å². The topological polar surface area (TPSA) is 55.6 Å². The number of nitrogens with zero attached hydrogens (tertiary/aromatic N) is 1. The fourth-order valence-electron chi connectivity index (χ4n) is 1.90. The van der Waals surface area contributed by atoms with E-state index in [9.17, 15) is 4.79 Å². The lowest BCUT2D eigenvalue weighted by Crippen LogP contribution is -2.43. The summed E-state index contributed by atoms with van der Waals surface area (Å²) in [7, 11) is 1.64. The molecular formula is C15H25ClN2O2S. The van der Waals surface area contributed by atoms with Crippen LogP contribution in [0.3, 0.4) is 0 Å². The molecule has 1 aromatic rings. The Morgan fingerprint density at radius 2 is 2.00 bits per heavy atom. The van der Waals surface area contributed by atoms with Crippen LogP contribution in [0, 0.1) is 0 Å². The van der Waals surface area contributed by atoms with Crippen LogP contribution < -0.4 is 10.5 Å². The van der Waals surface area contributed by atoms with E-state index < -0.39 is 6.04 Å². The average molecular weight is 333 g/mol. The van der Waals surface area contributed by atoms with E-state index in [-0.39, 0.29) is 18.3 Å².